The van der Waals surface area contributed by atoms with E-state index in [1.807, 2.05) is 0 Å². The zero-order valence-corrected chi connectivity index (χ0v) is 9.85. The summed E-state index contributed by atoms with van der Waals surface area (Å²) in [5.74, 6) is -0.0764. The van der Waals surface area contributed by atoms with E-state index in [0.29, 0.717) is 0 Å². The van der Waals surface area contributed by atoms with Gasteiger partial charge in [-0.15, -0.1) is 6.58 Å². The van der Waals surface area contributed by atoms with Crippen molar-refractivity contribution in [1.82, 2.24) is 0 Å². The van der Waals surface area contributed by atoms with Crippen LogP contribution < -0.4 is 5.73 Å². The standard InChI is InChI=1S/C6H9NO.C5H11NO2/c1-2-3-6-7-4-5-8-6;1-3(2)4(6)5(7)8/h2H,1,3-5H2;3-4H,6H2,1-2H3,(H,7,8)/t;4-/m.0/s1. The molecule has 0 spiro atoms. The van der Waals surface area contributed by atoms with Gasteiger partial charge in [-0.25, -0.2) is 0 Å². The van der Waals surface area contributed by atoms with Gasteiger partial charge in [0.2, 0.25) is 0 Å². The Bertz CT molecular complexity index is 262. The molecule has 0 radical (unpaired) electrons. The fraction of sp³-hybridized carbons (Fsp3) is 0.636. The van der Waals surface area contributed by atoms with Crippen LogP contribution in [0, 0.1) is 5.92 Å². The third-order valence-electron chi connectivity index (χ3n) is 1.97. The van der Waals surface area contributed by atoms with Gasteiger partial charge < -0.3 is 15.6 Å². The molecule has 0 aromatic carbocycles. The summed E-state index contributed by atoms with van der Waals surface area (Å²) in [6.07, 6.45) is 2.57. The molecule has 1 aliphatic heterocycles. The topological polar surface area (TPSA) is 84.9 Å². The molecule has 0 aromatic rings. The first-order chi connectivity index (χ1) is 7.49. The number of ether oxygens (including phenoxy) is 1. The van der Waals surface area contributed by atoms with Gasteiger partial charge in [0.1, 0.15) is 12.6 Å². The Balaban J connectivity index is 0.000000281. The van der Waals surface area contributed by atoms with E-state index in [1.54, 1.807) is 19.9 Å². The first kappa shape index (κ1) is 14.6. The van der Waals surface area contributed by atoms with Crippen LogP contribution in [-0.2, 0) is 9.53 Å². The highest BCUT2D eigenvalue weighted by atomic mass is 16.5. The lowest BCUT2D eigenvalue weighted by molar-refractivity contribution is -0.139. The van der Waals surface area contributed by atoms with Crippen molar-refractivity contribution in [3.05, 3.63) is 12.7 Å². The molecule has 1 atom stereocenters. The summed E-state index contributed by atoms with van der Waals surface area (Å²) in [6.45, 7) is 8.69. The van der Waals surface area contributed by atoms with E-state index in [-0.39, 0.29) is 5.92 Å². The molecule has 0 amide bonds. The van der Waals surface area contributed by atoms with Crippen molar-refractivity contribution in [2.75, 3.05) is 13.2 Å². The van der Waals surface area contributed by atoms with Gasteiger partial charge in [-0.1, -0.05) is 19.9 Å². The number of carbonyl (C=O) groups is 1. The van der Waals surface area contributed by atoms with Crippen molar-refractivity contribution in [3.63, 3.8) is 0 Å². The van der Waals surface area contributed by atoms with Crippen LogP contribution in [0.2, 0.25) is 0 Å². The summed E-state index contributed by atoms with van der Waals surface area (Å²) in [6, 6.07) is -0.713. The first-order valence-electron chi connectivity index (χ1n) is 5.24. The third kappa shape index (κ3) is 6.19. The van der Waals surface area contributed by atoms with Crippen LogP contribution in [0.3, 0.4) is 0 Å². The number of hydrogen-bond donors (Lipinski definition) is 2. The average molecular weight is 228 g/mol. The maximum absolute atomic E-state index is 10.0. The van der Waals surface area contributed by atoms with Crippen LogP contribution >= 0.6 is 0 Å². The summed E-state index contributed by atoms with van der Waals surface area (Å²) in [4.78, 5) is 14.1. The van der Waals surface area contributed by atoms with Crippen LogP contribution in [0.15, 0.2) is 17.6 Å². The summed E-state index contributed by atoms with van der Waals surface area (Å²) in [7, 11) is 0. The Morgan fingerprint density at radius 1 is 1.75 bits per heavy atom. The van der Waals surface area contributed by atoms with Crippen molar-refractivity contribution >= 4 is 11.9 Å². The van der Waals surface area contributed by atoms with Gasteiger partial charge in [-0.2, -0.15) is 0 Å². The minimum atomic E-state index is -0.931. The molecular formula is C11H20N2O3. The zero-order chi connectivity index (χ0) is 12.6. The second-order valence-corrected chi connectivity index (χ2v) is 3.72. The number of carboxylic acids is 1. The molecule has 0 fully saturated rings. The van der Waals surface area contributed by atoms with Gasteiger partial charge in [-0.05, 0) is 5.92 Å². The lowest BCUT2D eigenvalue weighted by Crippen LogP contribution is -2.34. The molecule has 1 aliphatic rings. The van der Waals surface area contributed by atoms with Crippen molar-refractivity contribution in [2.24, 2.45) is 16.6 Å². The van der Waals surface area contributed by atoms with Gasteiger partial charge in [0, 0.05) is 6.42 Å². The largest absolute Gasteiger partial charge is 0.480 e. The SMILES string of the molecule is C=CCC1=NCCO1.CC(C)[C@H](N)C(=O)O. The number of hydrogen-bond acceptors (Lipinski definition) is 4. The summed E-state index contributed by atoms with van der Waals surface area (Å²) in [5, 5.41) is 8.23. The lowest BCUT2D eigenvalue weighted by Gasteiger charge is -2.07. The smallest absolute Gasteiger partial charge is 0.320 e. The van der Waals surface area contributed by atoms with Gasteiger partial charge in [-0.3, -0.25) is 9.79 Å². The second-order valence-electron chi connectivity index (χ2n) is 3.72. The summed E-state index contributed by atoms with van der Waals surface area (Å²) >= 11 is 0. The quantitative estimate of drug-likeness (QED) is 0.704. The third-order valence-corrected chi connectivity index (χ3v) is 1.97. The van der Waals surface area contributed by atoms with E-state index < -0.39 is 12.0 Å². The molecule has 0 aliphatic carbocycles. The van der Waals surface area contributed by atoms with Crippen LogP contribution in [-0.4, -0.2) is 36.2 Å². The van der Waals surface area contributed by atoms with Crippen LogP contribution in [0.4, 0.5) is 0 Å². The Labute approximate surface area is 96.0 Å². The van der Waals surface area contributed by atoms with Crippen molar-refractivity contribution in [2.45, 2.75) is 26.3 Å². The predicted octanol–water partition coefficient (Wildman–Crippen LogP) is 1.05. The highest BCUT2D eigenvalue weighted by Crippen LogP contribution is 1.97. The first-order valence-corrected chi connectivity index (χ1v) is 5.24. The van der Waals surface area contributed by atoms with E-state index in [2.05, 4.69) is 11.6 Å². The molecule has 3 N–H and O–H groups in total. The highest BCUT2D eigenvalue weighted by molar-refractivity contribution is 5.78. The summed E-state index contributed by atoms with van der Waals surface area (Å²) < 4.78 is 5.07. The molecule has 0 saturated heterocycles. The highest BCUT2D eigenvalue weighted by Gasteiger charge is 2.14. The van der Waals surface area contributed by atoms with E-state index in [0.717, 1.165) is 25.5 Å². The van der Waals surface area contributed by atoms with Crippen molar-refractivity contribution in [3.8, 4) is 0 Å². The van der Waals surface area contributed by atoms with E-state index in [9.17, 15) is 4.79 Å². The normalized spacial score (nSPS) is 15.6. The number of aliphatic imine (C=N–C) groups is 1. The predicted molar refractivity (Wildman–Crippen MR) is 63.5 cm³/mol. The summed E-state index contributed by atoms with van der Waals surface area (Å²) in [5.41, 5.74) is 5.16. The van der Waals surface area contributed by atoms with Crippen LogP contribution in [0.25, 0.3) is 0 Å². The fourth-order valence-electron chi connectivity index (χ4n) is 0.912. The lowest BCUT2D eigenvalue weighted by atomic mass is 10.1. The molecule has 5 heteroatoms. The van der Waals surface area contributed by atoms with Crippen molar-refractivity contribution < 1.29 is 14.6 Å². The van der Waals surface area contributed by atoms with Crippen LogP contribution in [0.1, 0.15) is 20.3 Å². The minimum absolute atomic E-state index is 0.0208. The Morgan fingerprint density at radius 3 is 2.62 bits per heavy atom. The number of rotatable bonds is 4. The van der Waals surface area contributed by atoms with Crippen molar-refractivity contribution in [1.29, 1.82) is 0 Å². The maximum atomic E-state index is 10.0. The van der Waals surface area contributed by atoms with Gasteiger partial charge in [0.15, 0.2) is 5.90 Å². The monoisotopic (exact) mass is 228 g/mol. The molecule has 5 nitrogen and oxygen atoms in total. The zero-order valence-electron chi connectivity index (χ0n) is 9.85. The molecule has 1 rings (SSSR count). The molecule has 16 heavy (non-hydrogen) atoms. The van der Waals surface area contributed by atoms with Gasteiger partial charge in [0.25, 0.3) is 0 Å². The molecular weight excluding hydrogens is 208 g/mol. The molecule has 92 valence electrons. The number of carboxylic acid groups (broad SMARTS) is 1. The van der Waals surface area contributed by atoms with Gasteiger partial charge >= 0.3 is 5.97 Å². The second kappa shape index (κ2) is 7.87. The minimum Gasteiger partial charge on any atom is -0.480 e. The van der Waals surface area contributed by atoms with Gasteiger partial charge in [0.05, 0.1) is 6.54 Å². The number of nitrogens with zero attached hydrogens (tertiary/aromatic N) is 1. The maximum Gasteiger partial charge on any atom is 0.320 e. The molecule has 0 aromatic heterocycles. The van der Waals surface area contributed by atoms with E-state index in [4.69, 9.17) is 15.6 Å². The molecule has 0 unspecified atom stereocenters. The van der Waals surface area contributed by atoms with Crippen LogP contribution in [0.5, 0.6) is 0 Å². The van der Waals surface area contributed by atoms with E-state index in [1.165, 1.54) is 0 Å². The molecule has 0 bridgehead atoms. The Morgan fingerprint density at radius 2 is 2.38 bits per heavy atom. The molecule has 0 saturated carbocycles. The Kier molecular flexibility index (Phi) is 7.20. The fourth-order valence-corrected chi connectivity index (χ4v) is 0.912. The number of aliphatic carboxylic acids is 1. The average Bonchev–Trinajstić information content (AvgIpc) is 2.70. The Hall–Kier alpha value is -1.36. The number of nitrogens with two attached hydrogens (primary N) is 1. The molecule has 1 heterocycles. The van der Waals surface area contributed by atoms with E-state index >= 15 is 0 Å².